The Balaban J connectivity index is 2.94. The van der Waals surface area contributed by atoms with E-state index in [-0.39, 0.29) is 0 Å². The van der Waals surface area contributed by atoms with E-state index in [0.717, 1.165) is 6.08 Å². The van der Waals surface area contributed by atoms with E-state index in [1.54, 1.807) is 18.2 Å². The molecular weight excluding hydrogens is 270 g/mol. The van der Waals surface area contributed by atoms with Gasteiger partial charge in [0, 0.05) is 6.08 Å². The third kappa shape index (κ3) is 4.92. The van der Waals surface area contributed by atoms with E-state index in [9.17, 15) is 13.2 Å². The van der Waals surface area contributed by atoms with E-state index in [1.807, 2.05) is 6.92 Å². The topological polar surface area (TPSA) is 82.0 Å². The molecule has 0 N–H and O–H groups in total. The molecular formula is C12H13NO5S. The van der Waals surface area contributed by atoms with E-state index in [0.29, 0.717) is 23.7 Å². The number of nitrogens with zero attached hydrogens (tertiary/aromatic N) is 1. The Hall–Kier alpha value is -2.15. The number of rotatable bonds is 5. The fourth-order valence-electron chi connectivity index (χ4n) is 1.33. The zero-order chi connectivity index (χ0) is 14.3. The maximum absolute atomic E-state index is 11.0. The van der Waals surface area contributed by atoms with Crippen molar-refractivity contribution in [1.29, 1.82) is 0 Å². The smallest absolute Gasteiger partial charge is 0.319 e. The second-order valence-corrected chi connectivity index (χ2v) is 3.94. The summed E-state index contributed by atoms with van der Waals surface area (Å²) in [6, 6.07) is 5.09. The molecule has 0 radical (unpaired) electrons. The lowest BCUT2D eigenvalue weighted by molar-refractivity contribution is -0.113. The first-order valence-electron chi connectivity index (χ1n) is 5.40. The van der Waals surface area contributed by atoms with Crippen molar-refractivity contribution in [3.05, 3.63) is 29.8 Å². The van der Waals surface area contributed by atoms with Crippen LogP contribution in [-0.4, -0.2) is 28.0 Å². The van der Waals surface area contributed by atoms with E-state index in [2.05, 4.69) is 4.36 Å². The van der Waals surface area contributed by atoms with Crippen LogP contribution in [0.4, 0.5) is 0 Å². The molecule has 19 heavy (non-hydrogen) atoms. The lowest BCUT2D eigenvalue weighted by Gasteiger charge is -2.09. The number of amides is 1. The van der Waals surface area contributed by atoms with Gasteiger partial charge in [0.1, 0.15) is 0 Å². The van der Waals surface area contributed by atoms with Gasteiger partial charge >= 0.3 is 10.5 Å². The van der Waals surface area contributed by atoms with Gasteiger partial charge in [0.15, 0.2) is 11.5 Å². The molecule has 0 aliphatic carbocycles. The number of hydrogen-bond acceptors (Lipinski definition) is 5. The van der Waals surface area contributed by atoms with Gasteiger partial charge in [-0.05, 0) is 30.7 Å². The van der Waals surface area contributed by atoms with Crippen molar-refractivity contribution in [2.45, 2.75) is 6.92 Å². The summed E-state index contributed by atoms with van der Waals surface area (Å²) in [6.45, 7) is 2.37. The highest BCUT2D eigenvalue weighted by atomic mass is 32.2. The number of hydrogen-bond donors (Lipinski definition) is 0. The highest BCUT2D eigenvalue weighted by Crippen LogP contribution is 2.28. The fraction of sp³-hybridized carbons (Fsp3) is 0.250. The zero-order valence-corrected chi connectivity index (χ0v) is 11.3. The van der Waals surface area contributed by atoms with Gasteiger partial charge in [-0.2, -0.15) is 8.42 Å². The quantitative estimate of drug-likeness (QED) is 0.768. The molecule has 0 spiro atoms. The molecule has 6 nitrogen and oxygen atoms in total. The van der Waals surface area contributed by atoms with Gasteiger partial charge in [-0.15, -0.1) is 0 Å². The second kappa shape index (κ2) is 7.32. The first-order chi connectivity index (χ1) is 9.06. The molecule has 0 saturated carbocycles. The van der Waals surface area contributed by atoms with Crippen LogP contribution in [0.15, 0.2) is 28.6 Å². The van der Waals surface area contributed by atoms with Crippen LogP contribution >= 0.6 is 0 Å². The molecule has 0 saturated heterocycles. The van der Waals surface area contributed by atoms with Crippen LogP contribution in [0.2, 0.25) is 0 Å². The van der Waals surface area contributed by atoms with Crippen LogP contribution in [0.1, 0.15) is 12.5 Å². The Morgan fingerprint density at radius 3 is 2.68 bits per heavy atom. The van der Waals surface area contributed by atoms with Crippen molar-refractivity contribution in [3.8, 4) is 11.5 Å². The molecule has 0 atom stereocenters. The van der Waals surface area contributed by atoms with Crippen molar-refractivity contribution < 1.29 is 22.7 Å². The highest BCUT2D eigenvalue weighted by molar-refractivity contribution is 7.62. The summed E-state index contributed by atoms with van der Waals surface area (Å²) in [7, 11) is -1.23. The molecule has 0 aliphatic rings. The first kappa shape index (κ1) is 14.9. The summed E-state index contributed by atoms with van der Waals surface area (Å²) < 4.78 is 33.7. The molecule has 0 fully saturated rings. The van der Waals surface area contributed by atoms with Gasteiger partial charge < -0.3 is 9.47 Å². The third-order valence-electron chi connectivity index (χ3n) is 2.07. The molecule has 1 aromatic carbocycles. The van der Waals surface area contributed by atoms with E-state index in [1.165, 1.54) is 13.2 Å². The molecule has 1 amide bonds. The van der Waals surface area contributed by atoms with Crippen molar-refractivity contribution >= 4 is 22.5 Å². The Kier molecular flexibility index (Phi) is 5.74. The van der Waals surface area contributed by atoms with E-state index < -0.39 is 16.4 Å². The lowest BCUT2D eigenvalue weighted by atomic mass is 10.2. The summed E-state index contributed by atoms with van der Waals surface area (Å²) in [6.07, 6.45) is 2.50. The van der Waals surface area contributed by atoms with Crippen LogP contribution in [-0.2, 0) is 15.3 Å². The highest BCUT2D eigenvalue weighted by Gasteiger charge is 2.03. The van der Waals surface area contributed by atoms with Gasteiger partial charge in [-0.1, -0.05) is 10.4 Å². The monoisotopic (exact) mass is 283 g/mol. The minimum atomic E-state index is -2.74. The van der Waals surface area contributed by atoms with E-state index >= 15 is 0 Å². The van der Waals surface area contributed by atoms with Crippen molar-refractivity contribution in [2.24, 2.45) is 4.36 Å². The minimum absolute atomic E-state index is 0.512. The Morgan fingerprint density at radius 1 is 1.37 bits per heavy atom. The maximum Gasteiger partial charge on any atom is 0.319 e. The average Bonchev–Trinajstić information content (AvgIpc) is 2.37. The summed E-state index contributed by atoms with van der Waals surface area (Å²) >= 11 is 0. The predicted molar refractivity (Wildman–Crippen MR) is 69.6 cm³/mol. The van der Waals surface area contributed by atoms with Gasteiger partial charge in [-0.3, -0.25) is 4.79 Å². The zero-order valence-electron chi connectivity index (χ0n) is 10.5. The van der Waals surface area contributed by atoms with Gasteiger partial charge in [-0.25, -0.2) is 0 Å². The number of carbonyl (C=O) groups excluding carboxylic acids is 1. The predicted octanol–water partition coefficient (Wildman–Crippen LogP) is 1.70. The second-order valence-electron chi connectivity index (χ2n) is 3.32. The Labute approximate surface area is 112 Å². The van der Waals surface area contributed by atoms with Gasteiger partial charge in [0.25, 0.3) is 5.91 Å². The molecule has 0 unspecified atom stereocenters. The van der Waals surface area contributed by atoms with Crippen molar-refractivity contribution in [2.75, 3.05) is 13.7 Å². The average molecular weight is 283 g/mol. The summed E-state index contributed by atoms with van der Waals surface area (Å²) in [5, 5.41) is 0. The molecule has 0 bridgehead atoms. The van der Waals surface area contributed by atoms with Crippen LogP contribution in [0.5, 0.6) is 11.5 Å². The first-order valence-corrected chi connectivity index (χ1v) is 6.44. The maximum atomic E-state index is 11.0. The molecule has 7 heteroatoms. The molecule has 0 heterocycles. The van der Waals surface area contributed by atoms with Crippen LogP contribution in [0.25, 0.3) is 6.08 Å². The van der Waals surface area contributed by atoms with Crippen LogP contribution in [0, 0.1) is 0 Å². The normalized spacial score (nSPS) is 10.2. The molecule has 102 valence electrons. The SMILES string of the molecule is CCOc1ccc(/C=C/C(=O)N=S(=O)=O)cc1OC. The van der Waals surface area contributed by atoms with Crippen LogP contribution in [0.3, 0.4) is 0 Å². The molecule has 0 aromatic heterocycles. The van der Waals surface area contributed by atoms with Crippen molar-refractivity contribution in [1.82, 2.24) is 0 Å². The third-order valence-corrected chi connectivity index (χ3v) is 2.40. The number of benzene rings is 1. The van der Waals surface area contributed by atoms with Gasteiger partial charge in [0.05, 0.1) is 13.7 Å². The lowest BCUT2D eigenvalue weighted by Crippen LogP contribution is -1.95. The summed E-state index contributed by atoms with van der Waals surface area (Å²) in [5.41, 5.74) is 0.667. The molecule has 1 aromatic rings. The summed E-state index contributed by atoms with van der Waals surface area (Å²) in [5.74, 6) is 0.279. The van der Waals surface area contributed by atoms with Crippen LogP contribution < -0.4 is 9.47 Å². The molecule has 0 aliphatic heterocycles. The standard InChI is InChI=1S/C12H13NO5S/c1-3-18-10-6-4-9(8-11(10)17-2)5-7-12(14)13-19(15)16/h4-8H,3H2,1-2H3/b7-5+. The summed E-state index contributed by atoms with van der Waals surface area (Å²) in [4.78, 5) is 11.0. The fourth-order valence-corrected chi connectivity index (χ4v) is 1.54. The Morgan fingerprint density at radius 2 is 2.11 bits per heavy atom. The minimum Gasteiger partial charge on any atom is -0.493 e. The number of carbonyl (C=O) groups is 1. The number of ether oxygens (including phenoxy) is 2. The number of methoxy groups -OCH3 is 1. The largest absolute Gasteiger partial charge is 0.493 e. The van der Waals surface area contributed by atoms with Gasteiger partial charge in [0.2, 0.25) is 0 Å². The van der Waals surface area contributed by atoms with E-state index in [4.69, 9.17) is 9.47 Å². The molecule has 1 rings (SSSR count). The Bertz CT molecular complexity index is 611. The van der Waals surface area contributed by atoms with Crippen molar-refractivity contribution in [3.63, 3.8) is 0 Å².